The molecule has 0 aliphatic carbocycles. The number of nitrogens with two attached hydrogens (primary N) is 1. The van der Waals surface area contributed by atoms with Gasteiger partial charge in [0, 0.05) is 17.4 Å². The lowest BCUT2D eigenvalue weighted by Gasteiger charge is -2.06. The third-order valence-corrected chi connectivity index (χ3v) is 2.47. The first-order valence-electron chi connectivity index (χ1n) is 5.50. The van der Waals surface area contributed by atoms with Gasteiger partial charge in [-0.05, 0) is 48.9 Å². The van der Waals surface area contributed by atoms with Crippen molar-refractivity contribution in [2.45, 2.75) is 6.92 Å². The van der Waals surface area contributed by atoms with E-state index in [-0.39, 0.29) is 5.91 Å². The maximum absolute atomic E-state index is 11.9. The number of aryl methyl sites for hydroxylation is 1. The van der Waals surface area contributed by atoms with Crippen LogP contribution in [0.25, 0.3) is 0 Å². The van der Waals surface area contributed by atoms with E-state index in [4.69, 9.17) is 5.84 Å². The van der Waals surface area contributed by atoms with Crippen LogP contribution in [0.15, 0.2) is 42.6 Å². The summed E-state index contributed by atoms with van der Waals surface area (Å²) in [7, 11) is 0. The average molecular weight is 242 g/mol. The summed E-state index contributed by atoms with van der Waals surface area (Å²) in [5, 5.41) is 2.73. The number of nitrogen functional groups attached to an aromatic ring is 1. The molecule has 5 nitrogen and oxygen atoms in total. The monoisotopic (exact) mass is 242 g/mol. The Hall–Kier alpha value is -2.40. The summed E-state index contributed by atoms with van der Waals surface area (Å²) in [6, 6.07) is 10.5. The lowest BCUT2D eigenvalue weighted by molar-refractivity contribution is 0.102. The first-order valence-corrected chi connectivity index (χ1v) is 5.50. The Morgan fingerprint density at radius 1 is 1.22 bits per heavy atom. The van der Waals surface area contributed by atoms with Gasteiger partial charge in [-0.3, -0.25) is 10.6 Å². The van der Waals surface area contributed by atoms with Gasteiger partial charge in [0.2, 0.25) is 0 Å². The Morgan fingerprint density at radius 2 is 1.94 bits per heavy atom. The van der Waals surface area contributed by atoms with E-state index in [0.29, 0.717) is 11.4 Å². The Bertz CT molecular complexity index is 551. The van der Waals surface area contributed by atoms with E-state index in [0.717, 1.165) is 11.3 Å². The summed E-state index contributed by atoms with van der Waals surface area (Å²) in [4.78, 5) is 16.0. The van der Waals surface area contributed by atoms with Gasteiger partial charge in [0.1, 0.15) is 5.82 Å². The van der Waals surface area contributed by atoms with Gasteiger partial charge < -0.3 is 10.7 Å². The second-order valence-corrected chi connectivity index (χ2v) is 3.89. The Morgan fingerprint density at radius 3 is 2.56 bits per heavy atom. The lowest BCUT2D eigenvalue weighted by Crippen LogP contribution is -2.13. The first kappa shape index (κ1) is 12.1. The zero-order valence-electron chi connectivity index (χ0n) is 9.97. The van der Waals surface area contributed by atoms with Crippen molar-refractivity contribution in [1.29, 1.82) is 0 Å². The highest BCUT2D eigenvalue weighted by Crippen LogP contribution is 2.11. The van der Waals surface area contributed by atoms with Crippen LogP contribution in [-0.4, -0.2) is 10.9 Å². The van der Waals surface area contributed by atoms with Crippen molar-refractivity contribution in [2.75, 3.05) is 10.7 Å². The summed E-state index contributed by atoms with van der Waals surface area (Å²) in [6.45, 7) is 1.94. The maximum Gasteiger partial charge on any atom is 0.256 e. The minimum Gasteiger partial charge on any atom is -0.324 e. The van der Waals surface area contributed by atoms with Crippen molar-refractivity contribution in [3.8, 4) is 0 Å². The number of carbonyl (C=O) groups is 1. The zero-order chi connectivity index (χ0) is 13.0. The van der Waals surface area contributed by atoms with Gasteiger partial charge in [-0.1, -0.05) is 0 Å². The second kappa shape index (κ2) is 5.29. The normalized spacial score (nSPS) is 9.89. The van der Waals surface area contributed by atoms with Crippen molar-refractivity contribution in [3.05, 3.63) is 53.7 Å². The molecule has 1 amide bonds. The largest absolute Gasteiger partial charge is 0.324 e. The molecule has 2 rings (SSSR count). The van der Waals surface area contributed by atoms with E-state index < -0.39 is 0 Å². The molecule has 5 heteroatoms. The van der Waals surface area contributed by atoms with Crippen LogP contribution in [0, 0.1) is 6.92 Å². The van der Waals surface area contributed by atoms with Crippen molar-refractivity contribution < 1.29 is 4.79 Å². The van der Waals surface area contributed by atoms with Crippen molar-refractivity contribution in [3.63, 3.8) is 0 Å². The smallest absolute Gasteiger partial charge is 0.256 e. The molecule has 0 unspecified atom stereocenters. The average Bonchev–Trinajstić information content (AvgIpc) is 2.39. The van der Waals surface area contributed by atoms with Crippen molar-refractivity contribution >= 4 is 17.4 Å². The van der Waals surface area contributed by atoms with E-state index in [1.807, 2.05) is 19.1 Å². The number of aromatic nitrogens is 1. The number of rotatable bonds is 3. The molecule has 4 N–H and O–H groups in total. The summed E-state index contributed by atoms with van der Waals surface area (Å²) in [5.74, 6) is 5.60. The molecular formula is C13H14N4O. The Kier molecular flexibility index (Phi) is 3.54. The molecule has 2 aromatic rings. The third-order valence-electron chi connectivity index (χ3n) is 2.47. The number of anilines is 2. The molecule has 0 saturated heterocycles. The fraction of sp³-hybridized carbons (Fsp3) is 0.0769. The lowest BCUT2D eigenvalue weighted by atomic mass is 10.2. The van der Waals surface area contributed by atoms with E-state index >= 15 is 0 Å². The van der Waals surface area contributed by atoms with Crippen LogP contribution >= 0.6 is 0 Å². The fourth-order valence-electron chi connectivity index (χ4n) is 1.51. The molecular weight excluding hydrogens is 228 g/mol. The highest BCUT2D eigenvalue weighted by atomic mass is 16.1. The van der Waals surface area contributed by atoms with Gasteiger partial charge in [0.05, 0.1) is 0 Å². The summed E-state index contributed by atoms with van der Waals surface area (Å²) in [5.41, 5.74) is 4.85. The van der Waals surface area contributed by atoms with Crippen LogP contribution in [-0.2, 0) is 0 Å². The molecule has 0 fully saturated rings. The quantitative estimate of drug-likeness (QED) is 0.567. The molecule has 92 valence electrons. The summed E-state index contributed by atoms with van der Waals surface area (Å²) in [6.07, 6.45) is 1.66. The van der Waals surface area contributed by atoms with Gasteiger partial charge in [-0.15, -0.1) is 0 Å². The van der Waals surface area contributed by atoms with E-state index in [1.54, 1.807) is 30.5 Å². The number of hydrazine groups is 1. The Balaban J connectivity index is 2.11. The second-order valence-electron chi connectivity index (χ2n) is 3.89. The van der Waals surface area contributed by atoms with Crippen molar-refractivity contribution in [1.82, 2.24) is 4.98 Å². The highest BCUT2D eigenvalue weighted by molar-refractivity contribution is 6.03. The van der Waals surface area contributed by atoms with Gasteiger partial charge in [0.15, 0.2) is 0 Å². The predicted molar refractivity (Wildman–Crippen MR) is 71.2 cm³/mol. The first-order chi connectivity index (χ1) is 8.69. The fourth-order valence-corrected chi connectivity index (χ4v) is 1.51. The van der Waals surface area contributed by atoms with Crippen LogP contribution in [0.2, 0.25) is 0 Å². The third kappa shape index (κ3) is 2.83. The zero-order valence-corrected chi connectivity index (χ0v) is 9.97. The van der Waals surface area contributed by atoms with Gasteiger partial charge >= 0.3 is 0 Å². The molecule has 1 heterocycles. The van der Waals surface area contributed by atoms with E-state index in [1.165, 1.54) is 0 Å². The number of hydrogen-bond acceptors (Lipinski definition) is 4. The molecule has 1 aromatic carbocycles. The Labute approximate surface area is 105 Å². The molecule has 18 heavy (non-hydrogen) atoms. The molecule has 0 bridgehead atoms. The molecule has 0 aliphatic heterocycles. The van der Waals surface area contributed by atoms with Crippen LogP contribution < -0.4 is 16.6 Å². The van der Waals surface area contributed by atoms with Crippen LogP contribution in [0.1, 0.15) is 15.9 Å². The van der Waals surface area contributed by atoms with E-state index in [2.05, 4.69) is 15.7 Å². The number of carbonyl (C=O) groups excluding carboxylic acids is 1. The van der Waals surface area contributed by atoms with Gasteiger partial charge in [-0.25, -0.2) is 4.98 Å². The van der Waals surface area contributed by atoms with E-state index in [9.17, 15) is 4.79 Å². The molecule has 0 radical (unpaired) electrons. The summed E-state index contributed by atoms with van der Waals surface area (Å²) >= 11 is 0. The van der Waals surface area contributed by atoms with Crippen LogP contribution in [0.5, 0.6) is 0 Å². The van der Waals surface area contributed by atoms with Crippen LogP contribution in [0.4, 0.5) is 11.5 Å². The molecule has 1 aromatic heterocycles. The van der Waals surface area contributed by atoms with Gasteiger partial charge in [-0.2, -0.15) is 0 Å². The number of nitrogens with zero attached hydrogens (tertiary/aromatic N) is 1. The number of benzene rings is 1. The number of hydrogen-bond donors (Lipinski definition) is 3. The number of amides is 1. The number of pyridine rings is 1. The summed E-state index contributed by atoms with van der Waals surface area (Å²) < 4.78 is 0. The van der Waals surface area contributed by atoms with Gasteiger partial charge in [0.25, 0.3) is 5.91 Å². The molecule has 0 spiro atoms. The van der Waals surface area contributed by atoms with Crippen LogP contribution in [0.3, 0.4) is 0 Å². The standard InChI is InChI=1S/C13H14N4O/c1-9-6-7-15-12(8-9)16-13(18)10-2-4-11(17-14)5-3-10/h2-8,17H,14H2,1H3,(H,15,16,18). The number of nitrogens with one attached hydrogen (secondary N) is 2. The molecule has 0 aliphatic rings. The molecule has 0 saturated carbocycles. The topological polar surface area (TPSA) is 80.0 Å². The van der Waals surface area contributed by atoms with Crippen molar-refractivity contribution in [2.24, 2.45) is 5.84 Å². The molecule has 0 atom stereocenters. The minimum atomic E-state index is -0.198. The maximum atomic E-state index is 11.9. The minimum absolute atomic E-state index is 0.198. The SMILES string of the molecule is Cc1ccnc(NC(=O)c2ccc(NN)cc2)c1. The highest BCUT2D eigenvalue weighted by Gasteiger charge is 2.06. The predicted octanol–water partition coefficient (Wildman–Crippen LogP) is 1.93.